The molecule has 0 aliphatic rings. The van der Waals surface area contributed by atoms with Crippen molar-refractivity contribution in [3.63, 3.8) is 0 Å². The molecule has 0 saturated carbocycles. The quantitative estimate of drug-likeness (QED) is 0.520. The van der Waals surface area contributed by atoms with Crippen LogP contribution in [0, 0.1) is 0 Å². The van der Waals surface area contributed by atoms with Crippen molar-refractivity contribution in [3.8, 4) is 0 Å². The predicted molar refractivity (Wildman–Crippen MR) is 118 cm³/mol. The van der Waals surface area contributed by atoms with Gasteiger partial charge in [-0.3, -0.25) is 9.10 Å². The van der Waals surface area contributed by atoms with Gasteiger partial charge < -0.3 is 5.32 Å². The van der Waals surface area contributed by atoms with E-state index in [-0.39, 0.29) is 15.6 Å². The third-order valence-corrected chi connectivity index (χ3v) is 6.59. The second kappa shape index (κ2) is 9.05. The second-order valence-electron chi connectivity index (χ2n) is 5.95. The Kier molecular flexibility index (Phi) is 6.70. The minimum atomic E-state index is -4.07. The molecule has 0 aliphatic carbocycles. The van der Waals surface area contributed by atoms with E-state index in [2.05, 4.69) is 5.32 Å². The van der Waals surface area contributed by atoms with Crippen LogP contribution in [0.5, 0.6) is 0 Å². The number of anilines is 2. The fourth-order valence-electron chi connectivity index (χ4n) is 2.59. The Morgan fingerprint density at radius 3 is 2.17 bits per heavy atom. The van der Waals surface area contributed by atoms with Crippen molar-refractivity contribution in [2.75, 3.05) is 16.2 Å². The summed E-state index contributed by atoms with van der Waals surface area (Å²) in [6, 6.07) is 18.8. The van der Waals surface area contributed by atoms with Gasteiger partial charge in [0.15, 0.2) is 0 Å². The standard InChI is InChI=1S/C20H15Cl3N2O3S/c21-14-10-11-19(17(23)12-14)25(29(27,28)15-6-2-1-3-7-15)13-20(26)24-18-9-5-4-8-16(18)22/h1-12H,13H2,(H,24,26). The molecule has 0 fully saturated rings. The fourth-order valence-corrected chi connectivity index (χ4v) is 4.79. The lowest BCUT2D eigenvalue weighted by atomic mass is 10.3. The van der Waals surface area contributed by atoms with Gasteiger partial charge in [0.05, 0.1) is 26.3 Å². The smallest absolute Gasteiger partial charge is 0.264 e. The van der Waals surface area contributed by atoms with Gasteiger partial charge in [0.25, 0.3) is 10.0 Å². The molecule has 0 spiro atoms. The molecule has 150 valence electrons. The molecule has 0 saturated heterocycles. The topological polar surface area (TPSA) is 66.5 Å². The number of hydrogen-bond donors (Lipinski definition) is 1. The molecular weight excluding hydrogens is 455 g/mol. The highest BCUT2D eigenvalue weighted by Crippen LogP contribution is 2.32. The van der Waals surface area contributed by atoms with Crippen LogP contribution in [0.3, 0.4) is 0 Å². The van der Waals surface area contributed by atoms with Crippen molar-refractivity contribution < 1.29 is 13.2 Å². The van der Waals surface area contributed by atoms with Crippen molar-refractivity contribution in [1.29, 1.82) is 0 Å². The van der Waals surface area contributed by atoms with Crippen LogP contribution in [0.2, 0.25) is 15.1 Å². The third kappa shape index (κ3) is 5.03. The highest BCUT2D eigenvalue weighted by atomic mass is 35.5. The van der Waals surface area contributed by atoms with Crippen molar-refractivity contribution in [2.45, 2.75) is 4.90 Å². The first-order valence-electron chi connectivity index (χ1n) is 8.36. The zero-order valence-electron chi connectivity index (χ0n) is 14.8. The van der Waals surface area contributed by atoms with Gasteiger partial charge in [-0.05, 0) is 42.5 Å². The summed E-state index contributed by atoms with van der Waals surface area (Å²) in [5, 5.41) is 3.40. The number of para-hydroxylation sites is 1. The SMILES string of the molecule is O=C(CN(c1ccc(Cl)cc1Cl)S(=O)(=O)c1ccccc1)Nc1ccccc1Cl. The molecular formula is C20H15Cl3N2O3S. The fraction of sp³-hybridized carbons (Fsp3) is 0.0500. The van der Waals surface area contributed by atoms with Crippen LogP contribution in [-0.4, -0.2) is 20.9 Å². The van der Waals surface area contributed by atoms with Crippen molar-refractivity contribution in [2.24, 2.45) is 0 Å². The number of amides is 1. The van der Waals surface area contributed by atoms with E-state index in [0.29, 0.717) is 15.7 Å². The maximum atomic E-state index is 13.3. The molecule has 0 heterocycles. The number of rotatable bonds is 6. The Bertz CT molecular complexity index is 1140. The van der Waals surface area contributed by atoms with E-state index in [1.165, 1.54) is 30.3 Å². The summed E-state index contributed by atoms with van der Waals surface area (Å²) in [6.07, 6.45) is 0. The van der Waals surface area contributed by atoms with E-state index in [1.54, 1.807) is 42.5 Å². The number of hydrogen-bond acceptors (Lipinski definition) is 3. The summed E-state index contributed by atoms with van der Waals surface area (Å²) < 4.78 is 27.4. The largest absolute Gasteiger partial charge is 0.323 e. The lowest BCUT2D eigenvalue weighted by Gasteiger charge is -2.25. The van der Waals surface area contributed by atoms with Crippen LogP contribution in [0.25, 0.3) is 0 Å². The summed E-state index contributed by atoms with van der Waals surface area (Å²) >= 11 is 18.2. The lowest BCUT2D eigenvalue weighted by molar-refractivity contribution is -0.114. The van der Waals surface area contributed by atoms with Crippen LogP contribution in [0.4, 0.5) is 11.4 Å². The van der Waals surface area contributed by atoms with Crippen molar-refractivity contribution >= 4 is 62.1 Å². The minimum Gasteiger partial charge on any atom is -0.323 e. The number of sulfonamides is 1. The first kappa shape index (κ1) is 21.5. The molecule has 1 amide bonds. The first-order chi connectivity index (χ1) is 13.8. The Balaban J connectivity index is 1.99. The normalized spacial score (nSPS) is 11.1. The van der Waals surface area contributed by atoms with E-state index < -0.39 is 22.5 Å². The molecule has 0 aliphatic heterocycles. The Morgan fingerprint density at radius 1 is 0.862 bits per heavy atom. The van der Waals surface area contributed by atoms with Gasteiger partial charge in [0.1, 0.15) is 6.54 Å². The molecule has 0 atom stereocenters. The molecule has 0 radical (unpaired) electrons. The molecule has 0 aromatic heterocycles. The van der Waals surface area contributed by atoms with Crippen LogP contribution >= 0.6 is 34.8 Å². The molecule has 3 aromatic rings. The maximum absolute atomic E-state index is 13.3. The summed E-state index contributed by atoms with van der Waals surface area (Å²) in [7, 11) is -4.07. The van der Waals surface area contributed by atoms with Crippen LogP contribution in [-0.2, 0) is 14.8 Å². The van der Waals surface area contributed by atoms with Gasteiger partial charge >= 0.3 is 0 Å². The summed E-state index contributed by atoms with van der Waals surface area (Å²) in [6.45, 7) is -0.510. The average Bonchev–Trinajstić information content (AvgIpc) is 2.69. The number of carbonyl (C=O) groups is 1. The molecule has 0 unspecified atom stereocenters. The lowest BCUT2D eigenvalue weighted by Crippen LogP contribution is -2.38. The average molecular weight is 470 g/mol. The summed E-state index contributed by atoms with van der Waals surface area (Å²) in [4.78, 5) is 12.7. The highest BCUT2D eigenvalue weighted by molar-refractivity contribution is 7.92. The van der Waals surface area contributed by atoms with Crippen LogP contribution < -0.4 is 9.62 Å². The molecule has 3 aromatic carbocycles. The summed E-state index contributed by atoms with van der Waals surface area (Å²) in [5.74, 6) is -0.580. The van der Waals surface area contributed by atoms with Gasteiger partial charge in [-0.15, -0.1) is 0 Å². The predicted octanol–water partition coefficient (Wildman–Crippen LogP) is 5.48. The number of benzene rings is 3. The zero-order chi connectivity index (χ0) is 21.0. The zero-order valence-corrected chi connectivity index (χ0v) is 17.9. The molecule has 9 heteroatoms. The number of carbonyl (C=O) groups excluding carboxylic acids is 1. The number of halogens is 3. The number of nitrogens with one attached hydrogen (secondary N) is 1. The van der Waals surface area contributed by atoms with Crippen LogP contribution in [0.1, 0.15) is 0 Å². The Hall–Kier alpha value is -2.25. The Morgan fingerprint density at radius 2 is 1.52 bits per heavy atom. The van der Waals surface area contributed by atoms with E-state index in [9.17, 15) is 13.2 Å². The van der Waals surface area contributed by atoms with Gasteiger partial charge in [-0.25, -0.2) is 8.42 Å². The van der Waals surface area contributed by atoms with Gasteiger partial charge in [-0.2, -0.15) is 0 Å². The van der Waals surface area contributed by atoms with Gasteiger partial charge in [0, 0.05) is 5.02 Å². The summed E-state index contributed by atoms with van der Waals surface area (Å²) in [5.41, 5.74) is 0.507. The maximum Gasteiger partial charge on any atom is 0.264 e. The van der Waals surface area contributed by atoms with Crippen LogP contribution in [0.15, 0.2) is 77.7 Å². The molecule has 0 bridgehead atoms. The molecule has 1 N–H and O–H groups in total. The molecule has 5 nitrogen and oxygen atoms in total. The second-order valence-corrected chi connectivity index (χ2v) is 9.06. The number of nitrogens with zero attached hydrogens (tertiary/aromatic N) is 1. The molecule has 3 rings (SSSR count). The van der Waals surface area contributed by atoms with E-state index in [0.717, 1.165) is 4.31 Å². The first-order valence-corrected chi connectivity index (χ1v) is 10.9. The van der Waals surface area contributed by atoms with E-state index in [1.807, 2.05) is 0 Å². The monoisotopic (exact) mass is 468 g/mol. The molecule has 29 heavy (non-hydrogen) atoms. The highest BCUT2D eigenvalue weighted by Gasteiger charge is 2.29. The minimum absolute atomic E-state index is 0.0246. The van der Waals surface area contributed by atoms with E-state index in [4.69, 9.17) is 34.8 Å². The Labute approximate surface area is 183 Å². The van der Waals surface area contributed by atoms with Gasteiger partial charge in [-0.1, -0.05) is 65.1 Å². The van der Waals surface area contributed by atoms with E-state index >= 15 is 0 Å². The van der Waals surface area contributed by atoms with Crippen molar-refractivity contribution in [1.82, 2.24) is 0 Å². The third-order valence-electron chi connectivity index (χ3n) is 3.94. The van der Waals surface area contributed by atoms with Gasteiger partial charge in [0.2, 0.25) is 5.91 Å². The van der Waals surface area contributed by atoms with Crippen molar-refractivity contribution in [3.05, 3.63) is 87.9 Å².